The van der Waals surface area contributed by atoms with Gasteiger partial charge in [-0.2, -0.15) is 0 Å². The van der Waals surface area contributed by atoms with Crippen molar-refractivity contribution in [3.63, 3.8) is 0 Å². The Kier molecular flexibility index (Phi) is 6.47. The smallest absolute Gasteiger partial charge is 0.105 e. The first-order valence-electron chi connectivity index (χ1n) is 10.00. The summed E-state index contributed by atoms with van der Waals surface area (Å²) in [6.45, 7) is 4.55. The lowest BCUT2D eigenvalue weighted by molar-refractivity contribution is 0.216. The van der Waals surface area contributed by atoms with Crippen LogP contribution in [0.4, 0.5) is 0 Å². The standard InChI is InChI=1S/C22H30N2O2P2/c1-17-21(19-11-7-5-8-12-19)25-27(23(17)3)15-16-28-24(4)18(2)22(26-28)20-13-9-6-10-14-20/h5-14,17-18,21-22H,15-16H2,1-4H3/t17-,18-,21-,22-,27+,28+/m0/s1. The van der Waals surface area contributed by atoms with Crippen LogP contribution < -0.4 is 0 Å². The number of benzene rings is 2. The van der Waals surface area contributed by atoms with Gasteiger partial charge in [-0.1, -0.05) is 60.7 Å². The van der Waals surface area contributed by atoms with Crippen molar-refractivity contribution in [2.45, 2.75) is 38.1 Å². The average Bonchev–Trinajstić information content (AvgIpc) is 3.18. The highest BCUT2D eigenvalue weighted by Gasteiger charge is 2.41. The maximum atomic E-state index is 6.53. The second-order valence-electron chi connectivity index (χ2n) is 7.65. The molecule has 2 heterocycles. The van der Waals surface area contributed by atoms with E-state index in [-0.39, 0.29) is 12.2 Å². The predicted molar refractivity (Wildman–Crippen MR) is 119 cm³/mol. The van der Waals surface area contributed by atoms with E-state index in [1.165, 1.54) is 11.1 Å². The zero-order valence-electron chi connectivity index (χ0n) is 17.1. The van der Waals surface area contributed by atoms with Gasteiger partial charge in [0.2, 0.25) is 0 Å². The SMILES string of the molecule is C[C@H]1[C@@H](c2ccccc2)O[P@](CC[P@@]2O[C@H](c3ccccc3)[C@H](C)N2C)N1C. The third-order valence-electron chi connectivity index (χ3n) is 5.97. The molecule has 0 amide bonds. The van der Waals surface area contributed by atoms with Crippen molar-refractivity contribution in [3.05, 3.63) is 71.8 Å². The van der Waals surface area contributed by atoms with Crippen LogP contribution >= 0.6 is 16.6 Å². The Morgan fingerprint density at radius 1 is 0.679 bits per heavy atom. The fraction of sp³-hybridized carbons (Fsp3) is 0.455. The number of hydrogen-bond donors (Lipinski definition) is 0. The zero-order valence-corrected chi connectivity index (χ0v) is 18.9. The van der Waals surface area contributed by atoms with Crippen molar-refractivity contribution in [1.29, 1.82) is 0 Å². The minimum Gasteiger partial charge on any atom is -0.334 e. The maximum Gasteiger partial charge on any atom is 0.105 e. The summed E-state index contributed by atoms with van der Waals surface area (Å²) < 4.78 is 17.9. The van der Waals surface area contributed by atoms with Crippen molar-refractivity contribution in [2.75, 3.05) is 26.4 Å². The van der Waals surface area contributed by atoms with Crippen molar-refractivity contribution in [1.82, 2.24) is 9.34 Å². The molecule has 0 aliphatic carbocycles. The van der Waals surface area contributed by atoms with Crippen LogP contribution in [0.2, 0.25) is 0 Å². The van der Waals surface area contributed by atoms with E-state index in [1.54, 1.807) is 0 Å². The molecule has 2 aromatic rings. The summed E-state index contributed by atoms with van der Waals surface area (Å²) in [6.07, 6.45) is 2.46. The van der Waals surface area contributed by atoms with Crippen molar-refractivity contribution in [2.24, 2.45) is 0 Å². The molecular weight excluding hydrogens is 386 g/mol. The van der Waals surface area contributed by atoms with E-state index < -0.39 is 16.6 Å². The zero-order chi connectivity index (χ0) is 19.7. The van der Waals surface area contributed by atoms with E-state index in [2.05, 4.69) is 97.9 Å². The Hall–Kier alpha value is -0.860. The van der Waals surface area contributed by atoms with Crippen LogP contribution in [-0.2, 0) is 9.05 Å². The van der Waals surface area contributed by atoms with Crippen LogP contribution in [0.15, 0.2) is 60.7 Å². The van der Waals surface area contributed by atoms with Crippen molar-refractivity contribution >= 4 is 16.6 Å². The van der Waals surface area contributed by atoms with Gasteiger partial charge in [0.25, 0.3) is 0 Å². The molecule has 0 unspecified atom stereocenters. The highest BCUT2D eigenvalue weighted by Crippen LogP contribution is 2.60. The van der Waals surface area contributed by atoms with E-state index in [0.29, 0.717) is 12.1 Å². The first-order chi connectivity index (χ1) is 13.6. The Bertz CT molecular complexity index is 698. The topological polar surface area (TPSA) is 24.9 Å². The van der Waals surface area contributed by atoms with E-state index in [1.807, 2.05) is 0 Å². The molecule has 6 atom stereocenters. The first kappa shape index (κ1) is 20.4. The number of hydrogen-bond acceptors (Lipinski definition) is 4. The van der Waals surface area contributed by atoms with Crippen molar-refractivity contribution in [3.8, 4) is 0 Å². The number of rotatable bonds is 5. The lowest BCUT2D eigenvalue weighted by Gasteiger charge is -2.24. The van der Waals surface area contributed by atoms with Crippen LogP contribution in [0.1, 0.15) is 37.2 Å². The molecule has 0 aromatic heterocycles. The lowest BCUT2D eigenvalue weighted by Crippen LogP contribution is -2.24. The van der Waals surface area contributed by atoms with Gasteiger partial charge in [-0.15, -0.1) is 0 Å². The molecule has 0 bridgehead atoms. The van der Waals surface area contributed by atoms with Crippen molar-refractivity contribution < 1.29 is 9.05 Å². The highest BCUT2D eigenvalue weighted by atomic mass is 31.2. The molecule has 0 radical (unpaired) electrons. The van der Waals surface area contributed by atoms with Crippen LogP contribution in [0.25, 0.3) is 0 Å². The maximum absolute atomic E-state index is 6.53. The summed E-state index contributed by atoms with van der Waals surface area (Å²) in [6, 6.07) is 22.0. The summed E-state index contributed by atoms with van der Waals surface area (Å²) in [5, 5.41) is 0. The van der Waals surface area contributed by atoms with Gasteiger partial charge >= 0.3 is 0 Å². The molecule has 4 rings (SSSR count). The molecule has 6 heteroatoms. The van der Waals surface area contributed by atoms with E-state index in [0.717, 1.165) is 12.3 Å². The van der Waals surface area contributed by atoms with Crippen LogP contribution in [0, 0.1) is 0 Å². The molecule has 0 saturated carbocycles. The predicted octanol–water partition coefficient (Wildman–Crippen LogP) is 5.79. The van der Waals surface area contributed by atoms with Gasteiger partial charge < -0.3 is 9.05 Å². The Balaban J connectivity index is 1.38. The molecular formula is C22H30N2O2P2. The van der Waals surface area contributed by atoms with Gasteiger partial charge in [-0.25, -0.2) is 0 Å². The van der Waals surface area contributed by atoms with Gasteiger partial charge in [-0.05, 0) is 39.1 Å². The normalized spacial score (nSPS) is 34.1. The second kappa shape index (κ2) is 8.88. The van der Waals surface area contributed by atoms with E-state index in [4.69, 9.17) is 9.05 Å². The lowest BCUT2D eigenvalue weighted by atomic mass is 10.0. The highest BCUT2D eigenvalue weighted by molar-refractivity contribution is 7.54. The van der Waals surface area contributed by atoms with Gasteiger partial charge in [0.15, 0.2) is 0 Å². The summed E-state index contributed by atoms with van der Waals surface area (Å²) in [7, 11) is 3.25. The van der Waals surface area contributed by atoms with E-state index in [9.17, 15) is 0 Å². The molecule has 2 fully saturated rings. The summed E-state index contributed by atoms with van der Waals surface area (Å²) in [5.41, 5.74) is 2.56. The quantitative estimate of drug-likeness (QED) is 0.576. The fourth-order valence-corrected chi connectivity index (χ4v) is 8.62. The largest absolute Gasteiger partial charge is 0.334 e. The molecule has 2 aromatic carbocycles. The van der Waals surface area contributed by atoms with Crippen LogP contribution in [-0.4, -0.2) is 47.8 Å². The minimum absolute atomic E-state index is 0.170. The van der Waals surface area contributed by atoms with E-state index >= 15 is 0 Å². The molecule has 2 aliphatic rings. The van der Waals surface area contributed by atoms with Crippen LogP contribution in [0.5, 0.6) is 0 Å². The molecule has 4 nitrogen and oxygen atoms in total. The third-order valence-corrected chi connectivity index (χ3v) is 10.6. The molecule has 2 saturated heterocycles. The van der Waals surface area contributed by atoms with Gasteiger partial charge in [-0.3, -0.25) is 9.34 Å². The molecule has 0 N–H and O–H groups in total. The number of likely N-dealkylation sites (N-methyl/N-ethyl adjacent to an activating group) is 2. The van der Waals surface area contributed by atoms with Gasteiger partial charge in [0.05, 0.1) is 0 Å². The van der Waals surface area contributed by atoms with Crippen LogP contribution in [0.3, 0.4) is 0 Å². The summed E-state index contributed by atoms with van der Waals surface area (Å²) >= 11 is 0. The molecule has 2 aliphatic heterocycles. The Morgan fingerprint density at radius 3 is 1.39 bits per heavy atom. The molecule has 28 heavy (non-hydrogen) atoms. The van der Waals surface area contributed by atoms with Gasteiger partial charge in [0.1, 0.15) is 28.8 Å². The monoisotopic (exact) mass is 416 g/mol. The molecule has 0 spiro atoms. The minimum atomic E-state index is -0.584. The average molecular weight is 416 g/mol. The third kappa shape index (κ3) is 4.05. The fourth-order valence-electron chi connectivity index (χ4n) is 3.94. The Morgan fingerprint density at radius 2 is 1.04 bits per heavy atom. The summed E-state index contributed by atoms with van der Waals surface area (Å²) in [5.74, 6) is 0. The first-order valence-corrected chi connectivity index (χ1v) is 12.8. The Labute approximate surface area is 171 Å². The summed E-state index contributed by atoms with van der Waals surface area (Å²) in [4.78, 5) is 0. The van der Waals surface area contributed by atoms with Gasteiger partial charge in [0, 0.05) is 24.4 Å². The number of nitrogens with zero attached hydrogens (tertiary/aromatic N) is 2. The molecule has 150 valence electrons. The second-order valence-corrected chi connectivity index (χ2v) is 11.6.